The number of hydrogen-bond donors (Lipinski definition) is 1. The predicted octanol–water partition coefficient (Wildman–Crippen LogP) is 3.02. The van der Waals surface area contributed by atoms with Gasteiger partial charge in [0.1, 0.15) is 5.82 Å². The standard InChI is InChI=1S/C17H27N3/c1-11(9-18)10-20-3-2-19-17(20)16-14-5-12-4-13(7-14)8-15(16)6-12/h2-3,11-16H,4-10,18H2,1H3. The largest absolute Gasteiger partial charge is 0.334 e. The van der Waals surface area contributed by atoms with Crippen molar-refractivity contribution in [1.82, 2.24) is 9.55 Å². The van der Waals surface area contributed by atoms with Crippen LogP contribution in [0.5, 0.6) is 0 Å². The van der Waals surface area contributed by atoms with Gasteiger partial charge in [0.25, 0.3) is 0 Å². The van der Waals surface area contributed by atoms with Gasteiger partial charge in [-0.25, -0.2) is 4.98 Å². The van der Waals surface area contributed by atoms with Crippen LogP contribution in [-0.2, 0) is 6.54 Å². The Morgan fingerprint density at radius 1 is 1.20 bits per heavy atom. The first-order chi connectivity index (χ1) is 9.74. The monoisotopic (exact) mass is 273 g/mol. The molecular weight excluding hydrogens is 246 g/mol. The van der Waals surface area contributed by atoms with Gasteiger partial charge in [-0.1, -0.05) is 6.92 Å². The van der Waals surface area contributed by atoms with Crippen molar-refractivity contribution in [3.05, 3.63) is 18.2 Å². The van der Waals surface area contributed by atoms with Crippen LogP contribution in [0.4, 0.5) is 0 Å². The van der Waals surface area contributed by atoms with Crippen molar-refractivity contribution in [2.75, 3.05) is 6.54 Å². The lowest BCUT2D eigenvalue weighted by molar-refractivity contribution is -0.00692. The zero-order chi connectivity index (χ0) is 13.7. The first kappa shape index (κ1) is 12.9. The van der Waals surface area contributed by atoms with E-state index in [4.69, 9.17) is 10.7 Å². The van der Waals surface area contributed by atoms with Crippen LogP contribution in [0.1, 0.15) is 50.8 Å². The Bertz CT molecular complexity index is 450. The Labute approximate surface area is 122 Å². The summed E-state index contributed by atoms with van der Waals surface area (Å²) < 4.78 is 2.41. The maximum atomic E-state index is 5.80. The Kier molecular flexibility index (Phi) is 3.13. The minimum atomic E-state index is 0.541. The third kappa shape index (κ3) is 2.02. The van der Waals surface area contributed by atoms with E-state index in [0.717, 1.165) is 42.7 Å². The van der Waals surface area contributed by atoms with E-state index in [2.05, 4.69) is 17.7 Å². The van der Waals surface area contributed by atoms with Gasteiger partial charge in [0.2, 0.25) is 0 Å². The van der Waals surface area contributed by atoms with Crippen molar-refractivity contribution in [3.8, 4) is 0 Å². The van der Waals surface area contributed by atoms with Crippen LogP contribution >= 0.6 is 0 Å². The summed E-state index contributed by atoms with van der Waals surface area (Å²) in [6.07, 6.45) is 11.6. The van der Waals surface area contributed by atoms with Crippen molar-refractivity contribution in [1.29, 1.82) is 0 Å². The molecule has 0 saturated heterocycles. The molecule has 20 heavy (non-hydrogen) atoms. The molecule has 0 aliphatic heterocycles. The molecule has 1 atom stereocenters. The molecule has 1 unspecified atom stereocenters. The second-order valence-corrected chi connectivity index (χ2v) is 7.74. The SMILES string of the molecule is CC(CN)Cn1ccnc1C1C2CC3CC(C2)CC1C3. The van der Waals surface area contributed by atoms with Gasteiger partial charge in [-0.3, -0.25) is 0 Å². The van der Waals surface area contributed by atoms with Crippen molar-refractivity contribution in [2.45, 2.75) is 51.5 Å². The number of hydrogen-bond acceptors (Lipinski definition) is 2. The molecule has 0 aromatic carbocycles. The summed E-state index contributed by atoms with van der Waals surface area (Å²) in [4.78, 5) is 4.77. The number of nitrogens with zero attached hydrogens (tertiary/aromatic N) is 2. The molecule has 4 saturated carbocycles. The Morgan fingerprint density at radius 3 is 2.45 bits per heavy atom. The van der Waals surface area contributed by atoms with Gasteiger partial charge < -0.3 is 10.3 Å². The summed E-state index contributed by atoms with van der Waals surface area (Å²) in [5, 5.41) is 0. The fourth-order valence-corrected chi connectivity index (χ4v) is 5.53. The highest BCUT2D eigenvalue weighted by atomic mass is 15.1. The van der Waals surface area contributed by atoms with E-state index in [1.807, 2.05) is 6.20 Å². The molecular formula is C17H27N3. The van der Waals surface area contributed by atoms with E-state index in [9.17, 15) is 0 Å². The van der Waals surface area contributed by atoms with E-state index in [-0.39, 0.29) is 0 Å². The molecule has 0 amide bonds. The molecule has 110 valence electrons. The van der Waals surface area contributed by atoms with Crippen LogP contribution in [0.3, 0.4) is 0 Å². The number of imidazole rings is 1. The van der Waals surface area contributed by atoms with E-state index >= 15 is 0 Å². The van der Waals surface area contributed by atoms with Crippen molar-refractivity contribution < 1.29 is 0 Å². The normalized spacial score (nSPS) is 40.2. The number of rotatable bonds is 4. The molecule has 3 nitrogen and oxygen atoms in total. The summed E-state index contributed by atoms with van der Waals surface area (Å²) in [7, 11) is 0. The predicted molar refractivity (Wildman–Crippen MR) is 80.2 cm³/mol. The van der Waals surface area contributed by atoms with Gasteiger partial charge in [0, 0.05) is 24.9 Å². The quantitative estimate of drug-likeness (QED) is 0.916. The average molecular weight is 273 g/mol. The van der Waals surface area contributed by atoms with Crippen LogP contribution in [0, 0.1) is 29.6 Å². The minimum absolute atomic E-state index is 0.541. The Balaban J connectivity index is 1.60. The lowest BCUT2D eigenvalue weighted by Crippen LogP contribution is -2.44. The van der Waals surface area contributed by atoms with Gasteiger partial charge in [0.05, 0.1) is 0 Å². The second-order valence-electron chi connectivity index (χ2n) is 7.74. The van der Waals surface area contributed by atoms with E-state index in [0.29, 0.717) is 5.92 Å². The summed E-state index contributed by atoms with van der Waals surface area (Å²) in [5.41, 5.74) is 5.80. The van der Waals surface area contributed by atoms with Crippen LogP contribution < -0.4 is 5.73 Å². The molecule has 3 heteroatoms. The van der Waals surface area contributed by atoms with Crippen LogP contribution in [0.25, 0.3) is 0 Å². The van der Waals surface area contributed by atoms with Crippen LogP contribution in [0.15, 0.2) is 12.4 Å². The molecule has 1 heterocycles. The van der Waals surface area contributed by atoms with Crippen LogP contribution in [-0.4, -0.2) is 16.1 Å². The zero-order valence-electron chi connectivity index (χ0n) is 12.5. The molecule has 4 aliphatic carbocycles. The van der Waals surface area contributed by atoms with Gasteiger partial charge in [0.15, 0.2) is 0 Å². The zero-order valence-corrected chi connectivity index (χ0v) is 12.5. The molecule has 5 rings (SSSR count). The summed E-state index contributed by atoms with van der Waals surface area (Å²) >= 11 is 0. The number of aromatic nitrogens is 2. The summed E-state index contributed by atoms with van der Waals surface area (Å²) in [6, 6.07) is 0. The Morgan fingerprint density at radius 2 is 1.85 bits per heavy atom. The van der Waals surface area contributed by atoms with E-state index in [1.54, 1.807) is 0 Å². The van der Waals surface area contributed by atoms with Gasteiger partial charge in [-0.15, -0.1) is 0 Å². The highest BCUT2D eigenvalue weighted by Gasteiger charge is 2.49. The molecule has 4 bridgehead atoms. The third-order valence-corrected chi connectivity index (χ3v) is 6.18. The van der Waals surface area contributed by atoms with E-state index < -0.39 is 0 Å². The smallest absolute Gasteiger partial charge is 0.112 e. The van der Waals surface area contributed by atoms with Crippen molar-refractivity contribution in [3.63, 3.8) is 0 Å². The van der Waals surface area contributed by atoms with Crippen LogP contribution in [0.2, 0.25) is 0 Å². The lowest BCUT2D eigenvalue weighted by Gasteiger charge is -2.54. The van der Waals surface area contributed by atoms with Gasteiger partial charge in [-0.2, -0.15) is 0 Å². The van der Waals surface area contributed by atoms with Gasteiger partial charge >= 0.3 is 0 Å². The molecule has 4 fully saturated rings. The van der Waals surface area contributed by atoms with Crippen molar-refractivity contribution in [2.24, 2.45) is 35.3 Å². The topological polar surface area (TPSA) is 43.8 Å². The van der Waals surface area contributed by atoms with Crippen molar-refractivity contribution >= 4 is 0 Å². The minimum Gasteiger partial charge on any atom is -0.334 e. The second kappa shape index (κ2) is 4.87. The molecule has 2 N–H and O–H groups in total. The fourth-order valence-electron chi connectivity index (χ4n) is 5.53. The maximum absolute atomic E-state index is 5.80. The third-order valence-electron chi connectivity index (χ3n) is 6.18. The molecule has 4 aliphatic rings. The first-order valence-corrected chi connectivity index (χ1v) is 8.45. The lowest BCUT2D eigenvalue weighted by atomic mass is 9.51. The van der Waals surface area contributed by atoms with E-state index in [1.165, 1.54) is 37.9 Å². The molecule has 1 aromatic rings. The highest BCUT2D eigenvalue weighted by molar-refractivity contribution is 5.12. The molecule has 0 spiro atoms. The average Bonchev–Trinajstić information content (AvgIpc) is 2.85. The summed E-state index contributed by atoms with van der Waals surface area (Å²) in [6.45, 7) is 4.04. The first-order valence-electron chi connectivity index (χ1n) is 8.45. The number of nitrogens with two attached hydrogens (primary N) is 1. The summed E-state index contributed by atoms with van der Waals surface area (Å²) in [5.74, 6) is 6.57. The molecule has 1 aromatic heterocycles. The van der Waals surface area contributed by atoms with Gasteiger partial charge in [-0.05, 0) is 68.2 Å². The highest BCUT2D eigenvalue weighted by Crippen LogP contribution is 2.59. The Hall–Kier alpha value is -0.830. The molecule has 0 radical (unpaired) electrons. The fraction of sp³-hybridized carbons (Fsp3) is 0.824. The maximum Gasteiger partial charge on any atom is 0.112 e.